The zero-order valence-electron chi connectivity index (χ0n) is 11.0. The lowest BCUT2D eigenvalue weighted by Crippen LogP contribution is -2.05. The van der Waals surface area contributed by atoms with E-state index in [0.717, 1.165) is 35.8 Å². The van der Waals surface area contributed by atoms with Gasteiger partial charge in [0, 0.05) is 12.2 Å². The van der Waals surface area contributed by atoms with Crippen LogP contribution in [0.3, 0.4) is 0 Å². The molecule has 0 aromatic heterocycles. The van der Waals surface area contributed by atoms with Gasteiger partial charge >= 0.3 is 6.18 Å². The molecule has 0 atom stereocenters. The Morgan fingerprint density at radius 2 is 1.85 bits per heavy atom. The molecule has 0 fully saturated rings. The molecular weight excluding hydrogens is 263 g/mol. The van der Waals surface area contributed by atoms with E-state index in [2.05, 4.69) is 11.4 Å². The molecule has 3 rings (SSSR count). The molecule has 0 saturated carbocycles. The maximum Gasteiger partial charge on any atom is 0.416 e. The molecule has 1 nitrogen and oxygen atoms in total. The van der Waals surface area contributed by atoms with E-state index in [9.17, 15) is 13.2 Å². The third-order valence-corrected chi connectivity index (χ3v) is 3.68. The van der Waals surface area contributed by atoms with E-state index in [0.29, 0.717) is 5.56 Å². The van der Waals surface area contributed by atoms with Crippen LogP contribution in [0.1, 0.15) is 16.7 Å². The molecule has 0 spiro atoms. The van der Waals surface area contributed by atoms with Crippen molar-refractivity contribution < 1.29 is 13.2 Å². The first-order valence-electron chi connectivity index (χ1n) is 6.50. The van der Waals surface area contributed by atoms with Crippen molar-refractivity contribution in [2.75, 3.05) is 11.9 Å². The van der Waals surface area contributed by atoms with Gasteiger partial charge in [0.05, 0.1) is 5.56 Å². The van der Waals surface area contributed by atoms with Crippen molar-refractivity contribution >= 4 is 5.69 Å². The first-order chi connectivity index (χ1) is 9.45. The lowest BCUT2D eigenvalue weighted by atomic mass is 9.96. The molecule has 1 aliphatic rings. The average Bonchev–Trinajstić information content (AvgIpc) is 2.84. The van der Waals surface area contributed by atoms with Gasteiger partial charge in [0.1, 0.15) is 0 Å². The van der Waals surface area contributed by atoms with Crippen LogP contribution in [0.2, 0.25) is 0 Å². The number of aryl methyl sites for hydroxylation is 1. The molecule has 0 aliphatic carbocycles. The Kier molecular flexibility index (Phi) is 2.96. The lowest BCUT2D eigenvalue weighted by Gasteiger charge is -2.12. The van der Waals surface area contributed by atoms with Crippen LogP contribution in [0.15, 0.2) is 36.4 Å². The lowest BCUT2D eigenvalue weighted by molar-refractivity contribution is -0.137. The zero-order chi connectivity index (χ0) is 14.3. The molecule has 2 aromatic rings. The summed E-state index contributed by atoms with van der Waals surface area (Å²) in [4.78, 5) is 0. The Hall–Kier alpha value is -1.97. The Morgan fingerprint density at radius 3 is 2.55 bits per heavy atom. The van der Waals surface area contributed by atoms with Gasteiger partial charge in [0.25, 0.3) is 0 Å². The van der Waals surface area contributed by atoms with Gasteiger partial charge in [0.2, 0.25) is 0 Å². The number of fused-ring (bicyclic) bond motifs is 1. The van der Waals surface area contributed by atoms with Gasteiger partial charge < -0.3 is 5.32 Å². The predicted octanol–water partition coefficient (Wildman–Crippen LogP) is 4.65. The van der Waals surface area contributed by atoms with Crippen LogP contribution in [0.5, 0.6) is 0 Å². The summed E-state index contributed by atoms with van der Waals surface area (Å²) in [7, 11) is 0. The second kappa shape index (κ2) is 4.54. The molecule has 0 amide bonds. The van der Waals surface area contributed by atoms with E-state index in [1.165, 1.54) is 11.6 Å². The van der Waals surface area contributed by atoms with Crippen molar-refractivity contribution in [1.82, 2.24) is 0 Å². The zero-order valence-corrected chi connectivity index (χ0v) is 11.0. The van der Waals surface area contributed by atoms with Gasteiger partial charge in [-0.1, -0.05) is 12.1 Å². The van der Waals surface area contributed by atoms with E-state index < -0.39 is 11.7 Å². The first kappa shape index (κ1) is 13.0. The predicted molar refractivity (Wildman–Crippen MR) is 73.8 cm³/mol. The highest BCUT2D eigenvalue weighted by atomic mass is 19.4. The van der Waals surface area contributed by atoms with E-state index in [1.807, 2.05) is 12.1 Å². The number of benzene rings is 2. The standard InChI is InChI=1S/C16H14F3N/c1-10-8-13(16(17,18)19)3-4-14(10)11-2-5-15-12(9-11)6-7-20-15/h2-5,8-9,20H,6-7H2,1H3. The molecule has 1 aliphatic heterocycles. The average molecular weight is 277 g/mol. The van der Waals surface area contributed by atoms with Crippen molar-refractivity contribution in [1.29, 1.82) is 0 Å². The summed E-state index contributed by atoms with van der Waals surface area (Å²) in [6.45, 7) is 2.64. The largest absolute Gasteiger partial charge is 0.416 e. The van der Waals surface area contributed by atoms with E-state index in [4.69, 9.17) is 0 Å². The van der Waals surface area contributed by atoms with Crippen LogP contribution in [-0.4, -0.2) is 6.54 Å². The van der Waals surface area contributed by atoms with Crippen molar-refractivity contribution in [2.24, 2.45) is 0 Å². The molecule has 104 valence electrons. The summed E-state index contributed by atoms with van der Waals surface area (Å²) in [6.07, 6.45) is -3.33. The fraction of sp³-hybridized carbons (Fsp3) is 0.250. The molecule has 0 radical (unpaired) electrons. The SMILES string of the molecule is Cc1cc(C(F)(F)F)ccc1-c1ccc2c(c1)CCN2. The summed E-state index contributed by atoms with van der Waals surface area (Å²) < 4.78 is 38.0. The number of nitrogens with one attached hydrogen (secondary N) is 1. The van der Waals surface area contributed by atoms with Crippen molar-refractivity contribution in [3.8, 4) is 11.1 Å². The summed E-state index contributed by atoms with van der Waals surface area (Å²) in [6, 6.07) is 9.92. The maximum absolute atomic E-state index is 12.7. The van der Waals surface area contributed by atoms with Crippen LogP contribution in [0.4, 0.5) is 18.9 Å². The number of alkyl halides is 3. The highest BCUT2D eigenvalue weighted by Gasteiger charge is 2.30. The molecule has 0 saturated heterocycles. The third kappa shape index (κ3) is 2.26. The molecular formula is C16H14F3N. The number of halogens is 3. The molecule has 4 heteroatoms. The molecule has 0 bridgehead atoms. The van der Waals surface area contributed by atoms with Crippen molar-refractivity contribution in [3.63, 3.8) is 0 Å². The molecule has 2 aromatic carbocycles. The molecule has 1 N–H and O–H groups in total. The molecule has 20 heavy (non-hydrogen) atoms. The van der Waals surface area contributed by atoms with Crippen LogP contribution in [0, 0.1) is 6.92 Å². The summed E-state index contributed by atoms with van der Waals surface area (Å²) in [5, 5.41) is 3.27. The second-order valence-electron chi connectivity index (χ2n) is 5.08. The Morgan fingerprint density at radius 1 is 1.05 bits per heavy atom. The maximum atomic E-state index is 12.7. The summed E-state index contributed by atoms with van der Waals surface area (Å²) in [5.41, 5.74) is 4.22. The van der Waals surface area contributed by atoms with E-state index in [1.54, 1.807) is 13.0 Å². The van der Waals surface area contributed by atoms with Crippen LogP contribution >= 0.6 is 0 Å². The summed E-state index contributed by atoms with van der Waals surface area (Å²) in [5.74, 6) is 0. The van der Waals surface area contributed by atoms with Crippen LogP contribution in [-0.2, 0) is 12.6 Å². The smallest absolute Gasteiger partial charge is 0.384 e. The number of hydrogen-bond acceptors (Lipinski definition) is 1. The minimum absolute atomic E-state index is 0.596. The van der Waals surface area contributed by atoms with Crippen LogP contribution < -0.4 is 5.32 Å². The van der Waals surface area contributed by atoms with Gasteiger partial charge in [-0.25, -0.2) is 0 Å². The summed E-state index contributed by atoms with van der Waals surface area (Å²) >= 11 is 0. The molecule has 1 heterocycles. The monoisotopic (exact) mass is 277 g/mol. The van der Waals surface area contributed by atoms with Crippen molar-refractivity contribution in [3.05, 3.63) is 53.1 Å². The van der Waals surface area contributed by atoms with Crippen LogP contribution in [0.25, 0.3) is 11.1 Å². The fourth-order valence-corrected chi connectivity index (χ4v) is 2.64. The number of anilines is 1. The topological polar surface area (TPSA) is 12.0 Å². The van der Waals surface area contributed by atoms with E-state index in [-0.39, 0.29) is 0 Å². The van der Waals surface area contributed by atoms with Gasteiger partial charge in [-0.3, -0.25) is 0 Å². The third-order valence-electron chi connectivity index (χ3n) is 3.68. The minimum Gasteiger partial charge on any atom is -0.384 e. The quantitative estimate of drug-likeness (QED) is 0.800. The minimum atomic E-state index is -4.29. The molecule has 0 unspecified atom stereocenters. The Labute approximate surface area is 115 Å². The highest BCUT2D eigenvalue weighted by molar-refractivity contribution is 5.72. The number of hydrogen-bond donors (Lipinski definition) is 1. The van der Waals surface area contributed by atoms with Gasteiger partial charge in [-0.15, -0.1) is 0 Å². The van der Waals surface area contributed by atoms with Gasteiger partial charge in [0.15, 0.2) is 0 Å². The second-order valence-corrected chi connectivity index (χ2v) is 5.08. The first-order valence-corrected chi connectivity index (χ1v) is 6.50. The van der Waals surface area contributed by atoms with E-state index >= 15 is 0 Å². The number of rotatable bonds is 1. The van der Waals surface area contributed by atoms with Crippen molar-refractivity contribution in [2.45, 2.75) is 19.5 Å². The fourth-order valence-electron chi connectivity index (χ4n) is 2.64. The Bertz CT molecular complexity index is 659. The highest BCUT2D eigenvalue weighted by Crippen LogP contribution is 2.34. The normalized spacial score (nSPS) is 14.0. The van der Waals surface area contributed by atoms with Gasteiger partial charge in [-0.05, 0) is 59.9 Å². The van der Waals surface area contributed by atoms with Gasteiger partial charge in [-0.2, -0.15) is 13.2 Å². The Balaban J connectivity index is 2.03.